The molecule has 102 valence electrons. The summed E-state index contributed by atoms with van der Waals surface area (Å²) in [5, 5.41) is 13.1. The van der Waals surface area contributed by atoms with Gasteiger partial charge in [0.15, 0.2) is 0 Å². The van der Waals surface area contributed by atoms with Crippen molar-refractivity contribution in [3.05, 3.63) is 34.3 Å². The van der Waals surface area contributed by atoms with Crippen molar-refractivity contribution in [2.75, 3.05) is 26.7 Å². The number of aliphatic hydroxyl groups excluding tert-OH is 1. The third-order valence-electron chi connectivity index (χ3n) is 3.09. The molecule has 1 atom stereocenters. The molecule has 2 N–H and O–H groups in total. The lowest BCUT2D eigenvalue weighted by molar-refractivity contribution is 0.210. The average molecular weight is 271 g/mol. The molecule has 1 rings (SSSR count). The Morgan fingerprint density at radius 2 is 2.17 bits per heavy atom. The quantitative estimate of drug-likeness (QED) is 0.796. The van der Waals surface area contributed by atoms with Crippen LogP contribution in [0.3, 0.4) is 0 Å². The van der Waals surface area contributed by atoms with Crippen LogP contribution in [0.1, 0.15) is 18.1 Å². The van der Waals surface area contributed by atoms with E-state index in [-0.39, 0.29) is 6.61 Å². The lowest BCUT2D eigenvalue weighted by atomic mass is 10.1. The van der Waals surface area contributed by atoms with Crippen molar-refractivity contribution in [2.45, 2.75) is 26.4 Å². The second kappa shape index (κ2) is 7.74. The van der Waals surface area contributed by atoms with E-state index in [0.29, 0.717) is 12.6 Å². The zero-order valence-electron chi connectivity index (χ0n) is 11.4. The zero-order chi connectivity index (χ0) is 13.5. The van der Waals surface area contributed by atoms with Gasteiger partial charge in [0.25, 0.3) is 0 Å². The monoisotopic (exact) mass is 270 g/mol. The Kier molecular flexibility index (Phi) is 6.65. The first-order chi connectivity index (χ1) is 8.54. The molecule has 0 saturated carbocycles. The number of benzene rings is 1. The van der Waals surface area contributed by atoms with Gasteiger partial charge < -0.3 is 15.3 Å². The summed E-state index contributed by atoms with van der Waals surface area (Å²) in [7, 11) is 2.01. The van der Waals surface area contributed by atoms with Crippen LogP contribution in [0.4, 0.5) is 0 Å². The highest BCUT2D eigenvalue weighted by Crippen LogP contribution is 2.18. The third kappa shape index (κ3) is 4.94. The molecule has 0 heterocycles. The molecular formula is C14H23ClN2O. The molecular weight excluding hydrogens is 248 g/mol. The van der Waals surface area contributed by atoms with Gasteiger partial charge in [-0.2, -0.15) is 0 Å². The zero-order valence-corrected chi connectivity index (χ0v) is 12.2. The number of likely N-dealkylation sites (N-methyl/N-ethyl adjacent to an activating group) is 1. The van der Waals surface area contributed by atoms with Crippen LogP contribution in [-0.2, 0) is 6.54 Å². The summed E-state index contributed by atoms with van der Waals surface area (Å²) in [6.45, 7) is 6.84. The van der Waals surface area contributed by atoms with Gasteiger partial charge in [-0.3, -0.25) is 0 Å². The maximum atomic E-state index is 8.85. The Morgan fingerprint density at radius 1 is 1.44 bits per heavy atom. The molecule has 1 aromatic carbocycles. The van der Waals surface area contributed by atoms with E-state index in [1.54, 1.807) is 0 Å². The van der Waals surface area contributed by atoms with Gasteiger partial charge in [-0.05, 0) is 38.1 Å². The van der Waals surface area contributed by atoms with Crippen molar-refractivity contribution in [3.63, 3.8) is 0 Å². The van der Waals surface area contributed by atoms with E-state index in [9.17, 15) is 0 Å². The average Bonchev–Trinajstić information content (AvgIpc) is 2.31. The number of aliphatic hydroxyl groups is 1. The maximum absolute atomic E-state index is 8.85. The van der Waals surface area contributed by atoms with Crippen LogP contribution in [0, 0.1) is 6.92 Å². The Morgan fingerprint density at radius 3 is 2.83 bits per heavy atom. The van der Waals surface area contributed by atoms with E-state index in [1.807, 2.05) is 26.1 Å². The summed E-state index contributed by atoms with van der Waals surface area (Å²) in [5.74, 6) is 0. The Bertz CT molecular complexity index is 371. The normalized spacial score (nSPS) is 13.0. The molecule has 1 aromatic rings. The Hall–Kier alpha value is -0.610. The van der Waals surface area contributed by atoms with Crippen LogP contribution >= 0.6 is 11.6 Å². The Balaban J connectivity index is 2.42. The van der Waals surface area contributed by atoms with Gasteiger partial charge in [0, 0.05) is 30.7 Å². The SMILES string of the molecule is Cc1c(Cl)cccc1CNC(C)CN(C)CCO. The molecule has 0 spiro atoms. The number of rotatable bonds is 7. The highest BCUT2D eigenvalue weighted by Gasteiger charge is 2.07. The molecule has 1 unspecified atom stereocenters. The van der Waals surface area contributed by atoms with Crippen LogP contribution in [0.5, 0.6) is 0 Å². The van der Waals surface area contributed by atoms with E-state index in [1.165, 1.54) is 5.56 Å². The van der Waals surface area contributed by atoms with Crippen LogP contribution in [-0.4, -0.2) is 42.8 Å². The maximum Gasteiger partial charge on any atom is 0.0558 e. The molecule has 0 amide bonds. The first-order valence-corrected chi connectivity index (χ1v) is 6.69. The lowest BCUT2D eigenvalue weighted by Crippen LogP contribution is -2.38. The summed E-state index contributed by atoms with van der Waals surface area (Å²) in [5.41, 5.74) is 2.38. The summed E-state index contributed by atoms with van der Waals surface area (Å²) in [6, 6.07) is 6.37. The predicted octanol–water partition coefficient (Wildman–Crippen LogP) is 2.05. The van der Waals surface area contributed by atoms with E-state index in [4.69, 9.17) is 16.7 Å². The second-order valence-electron chi connectivity index (χ2n) is 4.79. The van der Waals surface area contributed by atoms with E-state index < -0.39 is 0 Å². The highest BCUT2D eigenvalue weighted by molar-refractivity contribution is 6.31. The Labute approximate surface area is 115 Å². The van der Waals surface area contributed by atoms with Crippen LogP contribution in [0.15, 0.2) is 18.2 Å². The second-order valence-corrected chi connectivity index (χ2v) is 5.20. The standard InChI is InChI=1S/C14H23ClN2O/c1-11(10-17(3)7-8-18)16-9-13-5-4-6-14(15)12(13)2/h4-6,11,16,18H,7-10H2,1-3H3. The molecule has 4 heteroatoms. The van der Waals surface area contributed by atoms with E-state index in [2.05, 4.69) is 23.2 Å². The number of nitrogens with zero attached hydrogens (tertiary/aromatic N) is 1. The predicted molar refractivity (Wildman–Crippen MR) is 77.1 cm³/mol. The van der Waals surface area contributed by atoms with Gasteiger partial charge in [0.2, 0.25) is 0 Å². The number of hydrogen-bond acceptors (Lipinski definition) is 3. The van der Waals surface area contributed by atoms with E-state index in [0.717, 1.165) is 23.7 Å². The molecule has 0 saturated heterocycles. The summed E-state index contributed by atoms with van der Waals surface area (Å²) < 4.78 is 0. The lowest BCUT2D eigenvalue weighted by Gasteiger charge is -2.21. The van der Waals surface area contributed by atoms with E-state index >= 15 is 0 Å². The largest absolute Gasteiger partial charge is 0.395 e. The molecule has 0 aliphatic heterocycles. The molecule has 0 bridgehead atoms. The van der Waals surface area contributed by atoms with Crippen LogP contribution < -0.4 is 5.32 Å². The van der Waals surface area contributed by atoms with Gasteiger partial charge >= 0.3 is 0 Å². The fraction of sp³-hybridized carbons (Fsp3) is 0.571. The topological polar surface area (TPSA) is 35.5 Å². The number of halogens is 1. The number of hydrogen-bond donors (Lipinski definition) is 2. The third-order valence-corrected chi connectivity index (χ3v) is 3.50. The summed E-state index contributed by atoms with van der Waals surface area (Å²) in [4.78, 5) is 2.11. The summed E-state index contributed by atoms with van der Waals surface area (Å²) >= 11 is 6.09. The highest BCUT2D eigenvalue weighted by atomic mass is 35.5. The molecule has 0 radical (unpaired) electrons. The first-order valence-electron chi connectivity index (χ1n) is 6.31. The van der Waals surface area contributed by atoms with Crippen molar-refractivity contribution in [1.29, 1.82) is 0 Å². The molecule has 0 aliphatic carbocycles. The van der Waals surface area contributed by atoms with Crippen molar-refractivity contribution in [2.24, 2.45) is 0 Å². The summed E-state index contributed by atoms with van der Waals surface area (Å²) in [6.07, 6.45) is 0. The van der Waals surface area contributed by atoms with Crippen molar-refractivity contribution in [3.8, 4) is 0 Å². The first kappa shape index (κ1) is 15.4. The minimum Gasteiger partial charge on any atom is -0.395 e. The molecule has 3 nitrogen and oxygen atoms in total. The van der Waals surface area contributed by atoms with Gasteiger partial charge in [-0.1, -0.05) is 23.7 Å². The molecule has 0 aromatic heterocycles. The fourth-order valence-electron chi connectivity index (χ4n) is 1.92. The number of nitrogens with one attached hydrogen (secondary N) is 1. The van der Waals surface area contributed by atoms with Gasteiger partial charge in [-0.15, -0.1) is 0 Å². The molecule has 18 heavy (non-hydrogen) atoms. The molecule has 0 aliphatic rings. The van der Waals surface area contributed by atoms with Crippen molar-refractivity contribution in [1.82, 2.24) is 10.2 Å². The van der Waals surface area contributed by atoms with Gasteiger partial charge in [0.1, 0.15) is 0 Å². The fourth-order valence-corrected chi connectivity index (χ4v) is 2.12. The molecule has 0 fully saturated rings. The van der Waals surface area contributed by atoms with Crippen LogP contribution in [0.25, 0.3) is 0 Å². The minimum atomic E-state index is 0.205. The van der Waals surface area contributed by atoms with Crippen molar-refractivity contribution >= 4 is 11.6 Å². The van der Waals surface area contributed by atoms with Crippen LogP contribution in [0.2, 0.25) is 5.02 Å². The van der Waals surface area contributed by atoms with Crippen molar-refractivity contribution < 1.29 is 5.11 Å². The smallest absolute Gasteiger partial charge is 0.0558 e. The van der Waals surface area contributed by atoms with Gasteiger partial charge in [0.05, 0.1) is 6.61 Å². The minimum absolute atomic E-state index is 0.205. The van der Waals surface area contributed by atoms with Gasteiger partial charge in [-0.25, -0.2) is 0 Å².